The van der Waals surface area contributed by atoms with Crippen molar-refractivity contribution in [3.05, 3.63) is 72.1 Å². The molecule has 3 aromatic heterocycles. The molecule has 0 fully saturated rings. The average Bonchev–Trinajstić information content (AvgIpc) is 3.49. The Bertz CT molecular complexity index is 1670. The molecule has 12 heteroatoms. The number of phenolic OH excluding ortho intramolecular Hbond substituents is 1. The second-order valence-electron chi connectivity index (χ2n) is 8.07. The summed E-state index contributed by atoms with van der Waals surface area (Å²) in [4.78, 5) is 14.5. The summed E-state index contributed by atoms with van der Waals surface area (Å²) in [7, 11) is -2.07. The van der Waals surface area contributed by atoms with E-state index in [0.717, 1.165) is 4.96 Å². The van der Waals surface area contributed by atoms with E-state index >= 15 is 0 Å². The van der Waals surface area contributed by atoms with E-state index in [4.69, 9.17) is 9.72 Å². The van der Waals surface area contributed by atoms with Gasteiger partial charge in [0, 0.05) is 29.9 Å². The first-order valence-electron chi connectivity index (χ1n) is 11.2. The number of thiazole rings is 1. The number of nitrogens with zero attached hydrogens (tertiary/aromatic N) is 4. The number of aromatic hydroxyl groups is 1. The van der Waals surface area contributed by atoms with Gasteiger partial charge < -0.3 is 15.2 Å². The molecule has 0 unspecified atom stereocenters. The maximum Gasteiger partial charge on any atom is 0.223 e. The van der Waals surface area contributed by atoms with Crippen LogP contribution in [0.25, 0.3) is 27.6 Å². The quantitative estimate of drug-likeness (QED) is 0.260. The van der Waals surface area contributed by atoms with Gasteiger partial charge in [-0.3, -0.25) is 4.40 Å². The van der Waals surface area contributed by atoms with Crippen LogP contribution in [0.2, 0.25) is 0 Å². The monoisotopic (exact) mass is 539 g/mol. The molecule has 0 bridgehead atoms. The summed E-state index contributed by atoms with van der Waals surface area (Å²) in [5.41, 5.74) is 2.61. The third-order valence-corrected chi connectivity index (χ3v) is 8.23. The minimum Gasteiger partial charge on any atom is -0.508 e. The van der Waals surface area contributed by atoms with E-state index in [0.29, 0.717) is 41.6 Å². The van der Waals surface area contributed by atoms with Crippen molar-refractivity contribution in [1.29, 1.82) is 0 Å². The standard InChI is InChI=1S/C25H22FN5O4S2/c1-35-21-15-16(3-8-19(21)26)22-23(31-12-13-36-25(31)30-22)20-9-11-28-24(29-20)27-10-2-14-37(33,34)18-6-4-17(32)5-7-18/h3-9,11-13,15,32H,2,10,14H2,1H3,(H,27,28,29). The molecule has 0 saturated heterocycles. The summed E-state index contributed by atoms with van der Waals surface area (Å²) >= 11 is 1.46. The zero-order valence-corrected chi connectivity index (χ0v) is 21.3. The van der Waals surface area contributed by atoms with Crippen LogP contribution in [0.1, 0.15) is 6.42 Å². The number of sulfone groups is 1. The van der Waals surface area contributed by atoms with Crippen molar-refractivity contribution >= 4 is 32.1 Å². The van der Waals surface area contributed by atoms with Crippen LogP contribution < -0.4 is 10.1 Å². The fourth-order valence-corrected chi connectivity index (χ4v) is 5.87. The van der Waals surface area contributed by atoms with Crippen LogP contribution in [0.15, 0.2) is 71.2 Å². The fourth-order valence-electron chi connectivity index (χ4n) is 3.85. The highest BCUT2D eigenvalue weighted by atomic mass is 32.2. The van der Waals surface area contributed by atoms with Gasteiger partial charge >= 0.3 is 0 Å². The molecular formula is C25H22FN5O4S2. The minimum absolute atomic E-state index is 0.0114. The number of rotatable bonds is 9. The molecule has 0 spiro atoms. The predicted octanol–water partition coefficient (Wildman–Crippen LogP) is 4.65. The number of methoxy groups -OCH3 is 1. The largest absolute Gasteiger partial charge is 0.508 e. The van der Waals surface area contributed by atoms with Gasteiger partial charge in [-0.15, -0.1) is 11.3 Å². The highest BCUT2D eigenvalue weighted by Gasteiger charge is 2.20. The first-order valence-corrected chi connectivity index (χ1v) is 13.8. The Kier molecular flexibility index (Phi) is 6.76. The molecule has 2 N–H and O–H groups in total. The third-order valence-electron chi connectivity index (χ3n) is 5.65. The Morgan fingerprint density at radius 3 is 2.73 bits per heavy atom. The molecule has 5 aromatic rings. The van der Waals surface area contributed by atoms with Crippen LogP contribution in [0.3, 0.4) is 0 Å². The summed E-state index contributed by atoms with van der Waals surface area (Å²) in [5, 5.41) is 14.4. The number of benzene rings is 2. The average molecular weight is 540 g/mol. The van der Waals surface area contributed by atoms with Crippen LogP contribution >= 0.6 is 11.3 Å². The number of nitrogens with one attached hydrogen (secondary N) is 1. The van der Waals surface area contributed by atoms with Gasteiger partial charge in [-0.1, -0.05) is 0 Å². The number of hydrogen-bond acceptors (Lipinski definition) is 9. The van der Waals surface area contributed by atoms with E-state index < -0.39 is 15.7 Å². The lowest BCUT2D eigenvalue weighted by Gasteiger charge is -2.09. The maximum atomic E-state index is 14.0. The van der Waals surface area contributed by atoms with Crippen LogP contribution in [0.5, 0.6) is 11.5 Å². The molecule has 0 saturated carbocycles. The molecule has 3 heterocycles. The second-order valence-corrected chi connectivity index (χ2v) is 11.1. The molecule has 5 rings (SSSR count). The van der Waals surface area contributed by atoms with Gasteiger partial charge in [-0.05, 0) is 55.0 Å². The molecule has 37 heavy (non-hydrogen) atoms. The smallest absolute Gasteiger partial charge is 0.223 e. The SMILES string of the molecule is COc1cc(-c2nc3sccn3c2-c2ccnc(NCCCS(=O)(=O)c3ccc(O)cc3)n2)ccc1F. The molecule has 0 aliphatic carbocycles. The van der Waals surface area contributed by atoms with Crippen LogP contribution in [0.4, 0.5) is 10.3 Å². The van der Waals surface area contributed by atoms with Crippen molar-refractivity contribution in [2.45, 2.75) is 11.3 Å². The van der Waals surface area contributed by atoms with Gasteiger partial charge in [0.15, 0.2) is 26.4 Å². The van der Waals surface area contributed by atoms with Gasteiger partial charge in [0.2, 0.25) is 5.95 Å². The number of ether oxygens (including phenoxy) is 1. The van der Waals surface area contributed by atoms with Gasteiger partial charge in [0.05, 0.1) is 29.1 Å². The Hall–Kier alpha value is -4.03. The maximum absolute atomic E-state index is 14.0. The third kappa shape index (κ3) is 5.11. The molecular weight excluding hydrogens is 517 g/mol. The minimum atomic E-state index is -3.48. The molecule has 0 aliphatic rings. The van der Waals surface area contributed by atoms with Gasteiger partial charge in [-0.2, -0.15) is 0 Å². The van der Waals surface area contributed by atoms with Crippen molar-refractivity contribution < 1.29 is 22.7 Å². The first-order chi connectivity index (χ1) is 17.9. The van der Waals surface area contributed by atoms with Crippen molar-refractivity contribution in [3.63, 3.8) is 0 Å². The second kappa shape index (κ2) is 10.1. The lowest BCUT2D eigenvalue weighted by atomic mass is 10.1. The Balaban J connectivity index is 1.36. The van der Waals surface area contributed by atoms with E-state index in [1.54, 1.807) is 24.4 Å². The lowest BCUT2D eigenvalue weighted by molar-refractivity contribution is 0.387. The topological polar surface area (TPSA) is 119 Å². The number of anilines is 1. The molecule has 0 atom stereocenters. The van der Waals surface area contributed by atoms with E-state index in [1.165, 1.54) is 48.8 Å². The molecule has 0 amide bonds. The van der Waals surface area contributed by atoms with Crippen molar-refractivity contribution in [3.8, 4) is 34.1 Å². The summed E-state index contributed by atoms with van der Waals surface area (Å²) in [6, 6.07) is 11.8. The molecule has 9 nitrogen and oxygen atoms in total. The van der Waals surface area contributed by atoms with Crippen LogP contribution in [0, 0.1) is 5.82 Å². The highest BCUT2D eigenvalue weighted by molar-refractivity contribution is 7.91. The summed E-state index contributed by atoms with van der Waals surface area (Å²) < 4.78 is 46.1. The molecule has 190 valence electrons. The number of fused-ring (bicyclic) bond motifs is 1. The normalized spacial score (nSPS) is 11.6. The first kappa shape index (κ1) is 24.7. The number of phenols is 1. The van der Waals surface area contributed by atoms with Gasteiger partial charge in [0.25, 0.3) is 0 Å². The van der Waals surface area contributed by atoms with E-state index in [-0.39, 0.29) is 22.1 Å². The summed E-state index contributed by atoms with van der Waals surface area (Å²) in [5.74, 6) is -0.0643. The highest BCUT2D eigenvalue weighted by Crippen LogP contribution is 2.35. The van der Waals surface area contributed by atoms with E-state index in [1.807, 2.05) is 16.0 Å². The number of imidazole rings is 1. The number of halogens is 1. The number of hydrogen-bond donors (Lipinski definition) is 2. The number of aromatic nitrogens is 4. The van der Waals surface area contributed by atoms with Crippen LogP contribution in [-0.4, -0.2) is 52.3 Å². The van der Waals surface area contributed by atoms with Gasteiger partial charge in [0.1, 0.15) is 11.4 Å². The molecule has 0 aliphatic heterocycles. The zero-order chi connectivity index (χ0) is 26.0. The van der Waals surface area contributed by atoms with E-state index in [9.17, 15) is 17.9 Å². The summed E-state index contributed by atoms with van der Waals surface area (Å²) in [6.07, 6.45) is 3.83. The van der Waals surface area contributed by atoms with Crippen molar-refractivity contribution in [1.82, 2.24) is 19.4 Å². The fraction of sp³-hybridized carbons (Fsp3) is 0.160. The Morgan fingerprint density at radius 2 is 1.95 bits per heavy atom. The Morgan fingerprint density at radius 1 is 1.14 bits per heavy atom. The predicted molar refractivity (Wildman–Crippen MR) is 139 cm³/mol. The van der Waals surface area contributed by atoms with Crippen LogP contribution in [-0.2, 0) is 9.84 Å². The molecule has 2 aromatic carbocycles. The van der Waals surface area contributed by atoms with Crippen molar-refractivity contribution in [2.24, 2.45) is 0 Å². The van der Waals surface area contributed by atoms with Gasteiger partial charge in [-0.25, -0.2) is 27.8 Å². The molecule has 0 radical (unpaired) electrons. The Labute approximate surface area is 216 Å². The summed E-state index contributed by atoms with van der Waals surface area (Å²) in [6.45, 7) is 0.336. The lowest BCUT2D eigenvalue weighted by Crippen LogP contribution is -2.13. The van der Waals surface area contributed by atoms with E-state index in [2.05, 4.69) is 15.3 Å². The zero-order valence-electron chi connectivity index (χ0n) is 19.6. The van der Waals surface area contributed by atoms with Crippen molar-refractivity contribution in [2.75, 3.05) is 24.7 Å².